The first kappa shape index (κ1) is 37.7. The van der Waals surface area contributed by atoms with E-state index in [2.05, 4.69) is 10.6 Å². The van der Waals surface area contributed by atoms with Crippen molar-refractivity contribution in [3.8, 4) is 11.5 Å². The minimum atomic E-state index is -4.99. The molecule has 0 aliphatic rings. The van der Waals surface area contributed by atoms with Gasteiger partial charge in [-0.2, -0.15) is 22.0 Å². The second-order valence-electron chi connectivity index (χ2n) is 10.5. The molecule has 254 valence electrons. The van der Waals surface area contributed by atoms with Gasteiger partial charge in [-0.3, -0.25) is 14.4 Å². The van der Waals surface area contributed by atoms with Gasteiger partial charge in [-0.15, -0.1) is 0 Å². The molecule has 4 atom stereocenters. The van der Waals surface area contributed by atoms with Crippen molar-refractivity contribution >= 4 is 23.7 Å². The third kappa shape index (κ3) is 11.1. The van der Waals surface area contributed by atoms with E-state index in [1.807, 2.05) is 0 Å². The fourth-order valence-corrected chi connectivity index (χ4v) is 4.08. The van der Waals surface area contributed by atoms with Crippen molar-refractivity contribution in [1.29, 1.82) is 0 Å². The summed E-state index contributed by atoms with van der Waals surface area (Å²) in [5.41, 5.74) is 6.76. The lowest BCUT2D eigenvalue weighted by Gasteiger charge is -2.33. The molecule has 2 aromatic carbocycles. The molecule has 12 nitrogen and oxygen atoms in total. The molecule has 0 aliphatic carbocycles. The number of nitrogens with one attached hydrogen (secondary N) is 3. The highest BCUT2D eigenvalue weighted by Crippen LogP contribution is 2.27. The van der Waals surface area contributed by atoms with Gasteiger partial charge in [-0.25, -0.2) is 4.79 Å². The van der Waals surface area contributed by atoms with Crippen molar-refractivity contribution in [2.75, 3.05) is 20.3 Å². The smallest absolute Gasteiger partial charge is 0.405 e. The zero-order valence-electron chi connectivity index (χ0n) is 24.9. The standard InChI is InChI=1S/C29H35F5N4O8/c1-15(2)22(24(41)29(33,34)27(44)36-14-28(30,31)32)37-26(43)23(17-6-10-18(45-3)11-7-17)38-25(42)20(35)12-16-4-8-19(9-5-16)46-13-21(39)40/h4-11,15,20,22-24,41H,12-14,35H2,1-3H3,(H,36,44)(H,37,43)(H,38,42)(H,39,40)/t20-,22-,23-,24+/m0/s1. The number of ether oxygens (including phenoxy) is 2. The number of halogens is 5. The van der Waals surface area contributed by atoms with Crippen molar-refractivity contribution in [2.45, 2.75) is 56.6 Å². The third-order valence-corrected chi connectivity index (χ3v) is 6.57. The van der Waals surface area contributed by atoms with Gasteiger partial charge in [-0.05, 0) is 47.7 Å². The average molecular weight is 663 g/mol. The Morgan fingerprint density at radius 2 is 1.46 bits per heavy atom. The molecule has 7 N–H and O–H groups in total. The lowest BCUT2D eigenvalue weighted by Crippen LogP contribution is -2.60. The molecule has 0 aromatic heterocycles. The Labute approximate surface area is 260 Å². The van der Waals surface area contributed by atoms with Crippen LogP contribution in [-0.2, 0) is 25.6 Å². The zero-order valence-corrected chi connectivity index (χ0v) is 24.9. The number of nitrogens with two attached hydrogens (primary N) is 1. The Bertz CT molecular complexity index is 1340. The summed E-state index contributed by atoms with van der Waals surface area (Å²) >= 11 is 0. The second-order valence-corrected chi connectivity index (χ2v) is 10.5. The Kier molecular flexibility index (Phi) is 13.2. The molecule has 3 amide bonds. The largest absolute Gasteiger partial charge is 0.497 e. The number of carbonyl (C=O) groups is 4. The van der Waals surface area contributed by atoms with E-state index in [1.54, 1.807) is 0 Å². The van der Waals surface area contributed by atoms with Crippen LogP contribution in [0.3, 0.4) is 0 Å². The van der Waals surface area contributed by atoms with Crippen molar-refractivity contribution in [1.82, 2.24) is 16.0 Å². The number of rotatable bonds is 16. The van der Waals surface area contributed by atoms with E-state index in [9.17, 15) is 46.2 Å². The van der Waals surface area contributed by atoms with Gasteiger partial charge in [0.1, 0.15) is 30.2 Å². The zero-order chi connectivity index (χ0) is 34.8. The number of amides is 3. The van der Waals surface area contributed by atoms with Crippen molar-refractivity contribution in [2.24, 2.45) is 11.7 Å². The molecule has 46 heavy (non-hydrogen) atoms. The third-order valence-electron chi connectivity index (χ3n) is 6.57. The van der Waals surface area contributed by atoms with Gasteiger partial charge in [0.25, 0.3) is 5.91 Å². The molecule has 0 fully saturated rings. The van der Waals surface area contributed by atoms with Crippen LogP contribution in [0.15, 0.2) is 48.5 Å². The molecule has 0 radical (unpaired) electrons. The summed E-state index contributed by atoms with van der Waals surface area (Å²) < 4.78 is 77.0. The van der Waals surface area contributed by atoms with Crippen LogP contribution in [0.2, 0.25) is 0 Å². The number of carboxylic acids is 1. The molecule has 0 saturated carbocycles. The number of aliphatic hydroxyl groups is 1. The molecule has 0 unspecified atom stereocenters. The van der Waals surface area contributed by atoms with Crippen LogP contribution in [0.5, 0.6) is 11.5 Å². The first-order chi connectivity index (χ1) is 21.3. The van der Waals surface area contributed by atoms with Gasteiger partial charge in [0, 0.05) is 0 Å². The number of hydrogen-bond donors (Lipinski definition) is 6. The Morgan fingerprint density at radius 3 is 1.96 bits per heavy atom. The lowest BCUT2D eigenvalue weighted by molar-refractivity contribution is -0.175. The number of aliphatic carboxylic acids is 1. The number of aliphatic hydroxyl groups excluding tert-OH is 1. The van der Waals surface area contributed by atoms with E-state index in [4.69, 9.17) is 20.3 Å². The van der Waals surface area contributed by atoms with Crippen LogP contribution in [0.1, 0.15) is 31.0 Å². The van der Waals surface area contributed by atoms with E-state index in [1.165, 1.54) is 69.5 Å². The number of hydrogen-bond acceptors (Lipinski definition) is 8. The van der Waals surface area contributed by atoms with E-state index in [-0.39, 0.29) is 17.7 Å². The highest BCUT2D eigenvalue weighted by atomic mass is 19.4. The molecule has 0 heterocycles. The summed E-state index contributed by atoms with van der Waals surface area (Å²) in [5, 5.41) is 24.8. The highest BCUT2D eigenvalue weighted by Gasteiger charge is 2.52. The minimum Gasteiger partial charge on any atom is -0.497 e. The SMILES string of the molecule is COc1ccc([C@H](NC(=O)[C@@H](N)Cc2ccc(OCC(=O)O)cc2)C(=O)N[C@@H](C(C)C)[C@@H](O)C(F)(F)C(=O)NCC(F)(F)F)cc1. The number of benzene rings is 2. The normalized spacial score (nSPS) is 14.4. The van der Waals surface area contributed by atoms with Gasteiger partial charge in [0.2, 0.25) is 11.8 Å². The number of carboxylic acid groups (broad SMARTS) is 1. The predicted molar refractivity (Wildman–Crippen MR) is 152 cm³/mol. The van der Waals surface area contributed by atoms with Crippen LogP contribution in [0.25, 0.3) is 0 Å². The maximum Gasteiger partial charge on any atom is 0.405 e. The monoisotopic (exact) mass is 662 g/mol. The molecule has 0 aliphatic heterocycles. The van der Waals surface area contributed by atoms with Crippen molar-refractivity contribution in [3.63, 3.8) is 0 Å². The molecule has 0 spiro atoms. The molecular formula is C29H35F5N4O8. The van der Waals surface area contributed by atoms with E-state index in [0.29, 0.717) is 11.3 Å². The molecule has 17 heteroatoms. The predicted octanol–water partition coefficient (Wildman–Crippen LogP) is 1.70. The van der Waals surface area contributed by atoms with Crippen LogP contribution in [0.4, 0.5) is 22.0 Å². The average Bonchev–Trinajstić information content (AvgIpc) is 2.99. The lowest BCUT2D eigenvalue weighted by atomic mass is 9.93. The molecule has 2 aromatic rings. The van der Waals surface area contributed by atoms with Crippen molar-refractivity contribution < 1.29 is 60.8 Å². The van der Waals surface area contributed by atoms with E-state index < -0.39 is 79.1 Å². The first-order valence-electron chi connectivity index (χ1n) is 13.7. The summed E-state index contributed by atoms with van der Waals surface area (Å²) in [6.45, 7) is -0.00549. The topological polar surface area (TPSA) is 189 Å². The Morgan fingerprint density at radius 1 is 0.891 bits per heavy atom. The van der Waals surface area contributed by atoms with Gasteiger partial charge < -0.3 is 41.4 Å². The van der Waals surface area contributed by atoms with Crippen LogP contribution < -0.4 is 31.2 Å². The molecular weight excluding hydrogens is 627 g/mol. The van der Waals surface area contributed by atoms with Crippen molar-refractivity contribution in [3.05, 3.63) is 59.7 Å². The molecule has 0 saturated heterocycles. The van der Waals surface area contributed by atoms with Gasteiger partial charge in [0.15, 0.2) is 6.61 Å². The van der Waals surface area contributed by atoms with Gasteiger partial charge in [-0.1, -0.05) is 38.1 Å². The minimum absolute atomic E-state index is 0.0470. The van der Waals surface area contributed by atoms with Crippen LogP contribution in [0, 0.1) is 5.92 Å². The second kappa shape index (κ2) is 16.2. The maximum atomic E-state index is 14.8. The maximum absolute atomic E-state index is 14.8. The number of carbonyl (C=O) groups excluding carboxylic acids is 3. The summed E-state index contributed by atoms with van der Waals surface area (Å²) in [6.07, 6.45) is -8.00. The Balaban J connectivity index is 2.26. The van der Waals surface area contributed by atoms with Gasteiger partial charge >= 0.3 is 18.1 Å². The van der Waals surface area contributed by atoms with E-state index in [0.717, 1.165) is 5.32 Å². The van der Waals surface area contributed by atoms with Crippen LogP contribution >= 0.6 is 0 Å². The summed E-state index contributed by atoms with van der Waals surface area (Å²) in [6, 6.07) is 7.01. The number of methoxy groups -OCH3 is 1. The fourth-order valence-electron chi connectivity index (χ4n) is 4.08. The number of alkyl halides is 5. The summed E-state index contributed by atoms with van der Waals surface area (Å²) in [5.74, 6) is -10.6. The summed E-state index contributed by atoms with van der Waals surface area (Å²) in [7, 11) is 1.38. The summed E-state index contributed by atoms with van der Waals surface area (Å²) in [4.78, 5) is 49.1. The van der Waals surface area contributed by atoms with E-state index >= 15 is 0 Å². The molecule has 2 rings (SSSR count). The first-order valence-corrected chi connectivity index (χ1v) is 13.7. The quantitative estimate of drug-likeness (QED) is 0.145. The van der Waals surface area contributed by atoms with Crippen LogP contribution in [-0.4, -0.2) is 84.5 Å². The molecule has 0 bridgehead atoms. The Hall–Kier alpha value is -4.51. The fraction of sp³-hybridized carbons (Fsp3) is 0.448. The van der Waals surface area contributed by atoms with Gasteiger partial charge in [0.05, 0.1) is 19.2 Å². The highest BCUT2D eigenvalue weighted by molar-refractivity contribution is 5.91.